The van der Waals surface area contributed by atoms with Gasteiger partial charge in [0.1, 0.15) is 6.61 Å². The zero-order valence-electron chi connectivity index (χ0n) is 19.8. The number of hydrogen-bond donors (Lipinski definition) is 4. The number of nitrogens with one attached hydrogen (secondary N) is 2. The van der Waals surface area contributed by atoms with Crippen LogP contribution in [-0.2, 0) is 14.3 Å². The van der Waals surface area contributed by atoms with E-state index in [4.69, 9.17) is 9.84 Å². The van der Waals surface area contributed by atoms with E-state index in [0.29, 0.717) is 12.8 Å². The largest absolute Gasteiger partial charge is 0.479 e. The van der Waals surface area contributed by atoms with E-state index < -0.39 is 35.5 Å². The van der Waals surface area contributed by atoms with E-state index in [1.807, 2.05) is 50.2 Å². The number of rotatable bonds is 10. The van der Waals surface area contributed by atoms with Crippen LogP contribution in [0.4, 0.5) is 4.79 Å². The van der Waals surface area contributed by atoms with E-state index in [2.05, 4.69) is 22.8 Å². The number of carboxylic acids is 1. The van der Waals surface area contributed by atoms with Gasteiger partial charge in [0.15, 0.2) is 5.60 Å². The predicted molar refractivity (Wildman–Crippen MR) is 127 cm³/mol. The molecular formula is C26H32N2O6. The maximum absolute atomic E-state index is 12.8. The molecule has 1 atom stereocenters. The molecule has 0 aromatic heterocycles. The van der Waals surface area contributed by atoms with Crippen molar-refractivity contribution in [3.05, 3.63) is 59.7 Å². The number of aliphatic carboxylic acids is 1. The van der Waals surface area contributed by atoms with Gasteiger partial charge in [-0.3, -0.25) is 4.79 Å². The Bertz CT molecular complexity index is 1020. The fourth-order valence-electron chi connectivity index (χ4n) is 4.31. The Labute approximate surface area is 199 Å². The lowest BCUT2D eigenvalue weighted by Crippen LogP contribution is -2.53. The third-order valence-corrected chi connectivity index (χ3v) is 6.80. The van der Waals surface area contributed by atoms with Gasteiger partial charge in [-0.15, -0.1) is 0 Å². The molecule has 1 unspecified atom stereocenters. The summed E-state index contributed by atoms with van der Waals surface area (Å²) >= 11 is 0. The summed E-state index contributed by atoms with van der Waals surface area (Å²) in [6, 6.07) is 16.1. The summed E-state index contributed by atoms with van der Waals surface area (Å²) in [6.07, 6.45) is 0.195. The number of aliphatic hydroxyl groups is 1. The quantitative estimate of drug-likeness (QED) is 0.424. The van der Waals surface area contributed by atoms with E-state index in [1.54, 1.807) is 0 Å². The molecular weight excluding hydrogens is 436 g/mol. The van der Waals surface area contributed by atoms with E-state index in [9.17, 15) is 19.5 Å². The maximum atomic E-state index is 12.8. The Morgan fingerprint density at radius 2 is 1.44 bits per heavy atom. The highest BCUT2D eigenvalue weighted by Crippen LogP contribution is 2.44. The number of benzene rings is 2. The molecule has 8 heteroatoms. The van der Waals surface area contributed by atoms with Crippen LogP contribution in [0.3, 0.4) is 0 Å². The lowest BCUT2D eigenvalue weighted by atomic mass is 9.81. The van der Waals surface area contributed by atoms with E-state index in [1.165, 1.54) is 0 Å². The van der Waals surface area contributed by atoms with Gasteiger partial charge in [-0.2, -0.15) is 0 Å². The standard InChI is InChI=1S/C26H32N2O6/c1-4-26(5-2,22(29)27-15-25(3,33)23(30)31)16-28-24(32)34-14-21-19-12-8-6-10-17(19)18-11-7-9-13-20(18)21/h6-13,21,33H,4-5,14-16H2,1-3H3,(H,27,29)(H,28,32)(H,30,31). The summed E-state index contributed by atoms with van der Waals surface area (Å²) in [6.45, 7) is 4.50. The first-order valence-corrected chi connectivity index (χ1v) is 11.5. The van der Waals surface area contributed by atoms with E-state index in [0.717, 1.165) is 29.2 Å². The van der Waals surface area contributed by atoms with Gasteiger partial charge < -0.3 is 25.6 Å². The average molecular weight is 469 g/mol. The first-order valence-electron chi connectivity index (χ1n) is 11.5. The highest BCUT2D eigenvalue weighted by Gasteiger charge is 2.38. The highest BCUT2D eigenvalue weighted by atomic mass is 16.5. The molecule has 8 nitrogen and oxygen atoms in total. The predicted octanol–water partition coefficient (Wildman–Crippen LogP) is 3.28. The second kappa shape index (κ2) is 10.3. The molecule has 2 aromatic rings. The Balaban J connectivity index is 1.61. The van der Waals surface area contributed by atoms with Gasteiger partial charge in [-0.25, -0.2) is 9.59 Å². The van der Waals surface area contributed by atoms with Crippen molar-refractivity contribution >= 4 is 18.0 Å². The molecule has 1 aliphatic carbocycles. The highest BCUT2D eigenvalue weighted by molar-refractivity contribution is 5.85. The van der Waals surface area contributed by atoms with Crippen LogP contribution in [0, 0.1) is 5.41 Å². The Kier molecular flexibility index (Phi) is 7.61. The molecule has 0 spiro atoms. The van der Waals surface area contributed by atoms with Crippen LogP contribution in [0.2, 0.25) is 0 Å². The molecule has 0 bridgehead atoms. The number of carbonyl (C=O) groups excluding carboxylic acids is 2. The Morgan fingerprint density at radius 3 is 1.94 bits per heavy atom. The van der Waals surface area contributed by atoms with Gasteiger partial charge in [0.25, 0.3) is 0 Å². The van der Waals surface area contributed by atoms with Crippen molar-refractivity contribution in [2.24, 2.45) is 5.41 Å². The van der Waals surface area contributed by atoms with Crippen molar-refractivity contribution < 1.29 is 29.3 Å². The van der Waals surface area contributed by atoms with Gasteiger partial charge in [0.2, 0.25) is 5.91 Å². The van der Waals surface area contributed by atoms with Crippen LogP contribution in [0.15, 0.2) is 48.5 Å². The lowest BCUT2D eigenvalue weighted by Gasteiger charge is -2.31. The fourth-order valence-corrected chi connectivity index (χ4v) is 4.31. The van der Waals surface area contributed by atoms with Crippen molar-refractivity contribution in [3.63, 3.8) is 0 Å². The Morgan fingerprint density at radius 1 is 0.912 bits per heavy atom. The number of carboxylic acid groups (broad SMARTS) is 1. The minimum atomic E-state index is -2.08. The fraction of sp³-hybridized carbons (Fsp3) is 0.423. The molecule has 4 N–H and O–H groups in total. The van der Waals surface area contributed by atoms with Crippen LogP contribution in [0.5, 0.6) is 0 Å². The molecule has 0 fully saturated rings. The second-order valence-electron chi connectivity index (χ2n) is 8.93. The molecule has 0 aliphatic heterocycles. The number of amides is 2. The van der Waals surface area contributed by atoms with Crippen LogP contribution >= 0.6 is 0 Å². The van der Waals surface area contributed by atoms with Crippen molar-refractivity contribution in [3.8, 4) is 11.1 Å². The van der Waals surface area contributed by atoms with Gasteiger partial charge in [-0.1, -0.05) is 62.4 Å². The molecule has 3 rings (SSSR count). The minimum absolute atomic E-state index is 0.0255. The zero-order valence-corrected chi connectivity index (χ0v) is 19.8. The summed E-state index contributed by atoms with van der Waals surface area (Å²) < 4.78 is 5.55. The molecule has 0 saturated heterocycles. The molecule has 1 aliphatic rings. The van der Waals surface area contributed by atoms with Gasteiger partial charge in [0.05, 0.1) is 12.0 Å². The van der Waals surface area contributed by atoms with Crippen molar-refractivity contribution in [1.82, 2.24) is 10.6 Å². The summed E-state index contributed by atoms with van der Waals surface area (Å²) in [5.74, 6) is -1.93. The Hall–Kier alpha value is -3.39. The van der Waals surface area contributed by atoms with E-state index in [-0.39, 0.29) is 19.1 Å². The molecule has 2 amide bonds. The third kappa shape index (κ3) is 5.07. The number of hydrogen-bond acceptors (Lipinski definition) is 5. The van der Waals surface area contributed by atoms with Gasteiger partial charge >= 0.3 is 12.1 Å². The van der Waals surface area contributed by atoms with Crippen molar-refractivity contribution in [2.45, 2.75) is 45.1 Å². The average Bonchev–Trinajstić information content (AvgIpc) is 3.16. The van der Waals surface area contributed by atoms with Crippen molar-refractivity contribution in [2.75, 3.05) is 19.7 Å². The second-order valence-corrected chi connectivity index (χ2v) is 8.93. The van der Waals surface area contributed by atoms with Crippen LogP contribution < -0.4 is 10.6 Å². The number of ether oxygens (including phenoxy) is 1. The molecule has 182 valence electrons. The summed E-state index contributed by atoms with van der Waals surface area (Å²) in [4.78, 5) is 36.5. The molecule has 0 radical (unpaired) electrons. The number of fused-ring (bicyclic) bond motifs is 3. The van der Waals surface area contributed by atoms with Crippen LogP contribution in [0.1, 0.15) is 50.7 Å². The number of alkyl carbamates (subject to hydrolysis) is 1. The minimum Gasteiger partial charge on any atom is -0.479 e. The lowest BCUT2D eigenvalue weighted by molar-refractivity contribution is -0.156. The summed E-state index contributed by atoms with van der Waals surface area (Å²) in [5, 5.41) is 24.1. The molecule has 0 heterocycles. The SMILES string of the molecule is CCC(CC)(CNC(=O)OCC1c2ccccc2-c2ccccc21)C(=O)NCC(C)(O)C(=O)O. The smallest absolute Gasteiger partial charge is 0.407 e. The summed E-state index contributed by atoms with van der Waals surface area (Å²) in [7, 11) is 0. The topological polar surface area (TPSA) is 125 Å². The normalized spacial score (nSPS) is 14.5. The molecule has 0 saturated carbocycles. The summed E-state index contributed by atoms with van der Waals surface area (Å²) in [5.41, 5.74) is 1.45. The maximum Gasteiger partial charge on any atom is 0.407 e. The monoisotopic (exact) mass is 468 g/mol. The first-order chi connectivity index (χ1) is 16.1. The third-order valence-electron chi connectivity index (χ3n) is 6.80. The number of carbonyl (C=O) groups is 3. The molecule has 2 aromatic carbocycles. The van der Waals surface area contributed by atoms with Crippen LogP contribution in [-0.4, -0.2) is 53.5 Å². The van der Waals surface area contributed by atoms with Crippen molar-refractivity contribution in [1.29, 1.82) is 0 Å². The van der Waals surface area contributed by atoms with Crippen LogP contribution in [0.25, 0.3) is 11.1 Å². The first kappa shape index (κ1) is 25.2. The van der Waals surface area contributed by atoms with Gasteiger partial charge in [0, 0.05) is 12.5 Å². The zero-order chi connectivity index (χ0) is 24.9. The molecule has 34 heavy (non-hydrogen) atoms. The van der Waals surface area contributed by atoms with E-state index >= 15 is 0 Å². The van der Waals surface area contributed by atoms with Gasteiger partial charge in [-0.05, 0) is 42.0 Å².